The minimum Gasteiger partial charge on any atom is -0.302 e. The molecule has 0 aliphatic carbocycles. The van der Waals surface area contributed by atoms with E-state index in [1.807, 2.05) is 0 Å². The summed E-state index contributed by atoms with van der Waals surface area (Å²) < 4.78 is 12.8. The van der Waals surface area contributed by atoms with E-state index in [1.165, 1.54) is 25.9 Å². The quantitative estimate of drug-likeness (QED) is 0.652. The highest BCUT2D eigenvalue weighted by molar-refractivity contribution is 4.76. The molecule has 0 unspecified atom stereocenters. The van der Waals surface area contributed by atoms with Crippen molar-refractivity contribution in [2.75, 3.05) is 39.3 Å². The first kappa shape index (κ1) is 9.41. The molecule has 2 nitrogen and oxygen atoms in total. The van der Waals surface area contributed by atoms with Crippen LogP contribution in [0.25, 0.3) is 0 Å². The van der Waals surface area contributed by atoms with Gasteiger partial charge in [-0.05, 0) is 32.4 Å². The molecule has 2 heterocycles. The molecule has 0 N–H and O–H groups in total. The summed E-state index contributed by atoms with van der Waals surface area (Å²) in [5, 5.41) is 0. The summed E-state index contributed by atoms with van der Waals surface area (Å²) in [6.07, 6.45) is 2.90. The number of alkyl halides is 1. The van der Waals surface area contributed by atoms with Crippen LogP contribution in [0.3, 0.4) is 0 Å². The molecule has 2 aliphatic rings. The molecule has 0 aromatic rings. The Morgan fingerprint density at radius 3 is 2.31 bits per heavy atom. The van der Waals surface area contributed by atoms with Crippen LogP contribution in [0.15, 0.2) is 0 Å². The van der Waals surface area contributed by atoms with Gasteiger partial charge in [0.1, 0.15) is 6.17 Å². The molecule has 2 saturated heterocycles. The number of rotatable bonds is 3. The molecule has 76 valence electrons. The normalized spacial score (nSPS) is 31.6. The molecule has 13 heavy (non-hydrogen) atoms. The van der Waals surface area contributed by atoms with Crippen molar-refractivity contribution in [3.8, 4) is 0 Å². The highest BCUT2D eigenvalue weighted by atomic mass is 19.1. The van der Waals surface area contributed by atoms with Crippen LogP contribution in [0, 0.1) is 0 Å². The van der Waals surface area contributed by atoms with E-state index >= 15 is 0 Å². The molecule has 0 spiro atoms. The Hall–Kier alpha value is -0.150. The molecule has 2 rings (SSSR count). The van der Waals surface area contributed by atoms with Crippen molar-refractivity contribution in [2.45, 2.75) is 25.4 Å². The van der Waals surface area contributed by atoms with Gasteiger partial charge in [-0.1, -0.05) is 0 Å². The summed E-state index contributed by atoms with van der Waals surface area (Å²) in [5.74, 6) is 0. The van der Waals surface area contributed by atoms with Crippen LogP contribution in [-0.2, 0) is 0 Å². The molecule has 2 fully saturated rings. The molecule has 0 radical (unpaired) electrons. The monoisotopic (exact) mass is 186 g/mol. The van der Waals surface area contributed by atoms with Gasteiger partial charge in [-0.15, -0.1) is 0 Å². The van der Waals surface area contributed by atoms with Gasteiger partial charge in [-0.2, -0.15) is 0 Å². The lowest BCUT2D eigenvalue weighted by atomic mass is 10.3. The zero-order valence-corrected chi connectivity index (χ0v) is 8.21. The number of hydrogen-bond donors (Lipinski definition) is 0. The number of nitrogens with zero attached hydrogens (tertiary/aromatic N) is 2. The van der Waals surface area contributed by atoms with Crippen molar-refractivity contribution < 1.29 is 4.39 Å². The summed E-state index contributed by atoms with van der Waals surface area (Å²) in [6, 6.07) is 0. The van der Waals surface area contributed by atoms with Gasteiger partial charge in [0.2, 0.25) is 0 Å². The lowest BCUT2D eigenvalue weighted by molar-refractivity contribution is 0.241. The molecular weight excluding hydrogens is 167 g/mol. The van der Waals surface area contributed by atoms with Gasteiger partial charge in [0, 0.05) is 26.2 Å². The average Bonchev–Trinajstić information content (AvgIpc) is 2.71. The second kappa shape index (κ2) is 4.38. The van der Waals surface area contributed by atoms with E-state index in [-0.39, 0.29) is 0 Å². The molecule has 0 bridgehead atoms. The van der Waals surface area contributed by atoms with Crippen LogP contribution in [0.5, 0.6) is 0 Å². The topological polar surface area (TPSA) is 6.48 Å². The van der Waals surface area contributed by atoms with E-state index in [4.69, 9.17) is 0 Å². The van der Waals surface area contributed by atoms with E-state index in [0.29, 0.717) is 6.54 Å². The predicted octanol–water partition coefficient (Wildman–Crippen LogP) is 1.13. The van der Waals surface area contributed by atoms with Crippen molar-refractivity contribution in [3.63, 3.8) is 0 Å². The second-order valence-electron chi connectivity index (χ2n) is 4.24. The minimum absolute atomic E-state index is 0.557. The van der Waals surface area contributed by atoms with Gasteiger partial charge in [0.15, 0.2) is 0 Å². The lowest BCUT2D eigenvalue weighted by Crippen LogP contribution is -2.32. The van der Waals surface area contributed by atoms with Gasteiger partial charge < -0.3 is 4.90 Å². The van der Waals surface area contributed by atoms with E-state index in [2.05, 4.69) is 9.80 Å². The van der Waals surface area contributed by atoms with Crippen molar-refractivity contribution in [1.82, 2.24) is 9.80 Å². The van der Waals surface area contributed by atoms with Crippen molar-refractivity contribution in [1.29, 1.82) is 0 Å². The fourth-order valence-electron chi connectivity index (χ4n) is 2.28. The van der Waals surface area contributed by atoms with Crippen LogP contribution < -0.4 is 0 Å². The maximum Gasteiger partial charge on any atom is 0.114 e. The van der Waals surface area contributed by atoms with Crippen molar-refractivity contribution in [3.05, 3.63) is 0 Å². The maximum absolute atomic E-state index is 12.8. The summed E-state index contributed by atoms with van der Waals surface area (Å²) in [4.78, 5) is 4.74. The zero-order valence-electron chi connectivity index (χ0n) is 8.21. The molecule has 0 amide bonds. The Bertz CT molecular complexity index is 157. The summed E-state index contributed by atoms with van der Waals surface area (Å²) >= 11 is 0. The fraction of sp³-hybridized carbons (Fsp3) is 1.00. The molecule has 1 atom stereocenters. The highest BCUT2D eigenvalue weighted by Crippen LogP contribution is 2.12. The Labute approximate surface area is 79.7 Å². The highest BCUT2D eigenvalue weighted by Gasteiger charge is 2.22. The smallest absolute Gasteiger partial charge is 0.114 e. The Morgan fingerprint density at radius 1 is 1.00 bits per heavy atom. The van der Waals surface area contributed by atoms with Crippen LogP contribution in [0.1, 0.15) is 19.3 Å². The lowest BCUT2D eigenvalue weighted by Gasteiger charge is -2.20. The summed E-state index contributed by atoms with van der Waals surface area (Å²) in [6.45, 7) is 6.37. The van der Waals surface area contributed by atoms with E-state index in [1.54, 1.807) is 0 Å². The molecule has 0 aromatic heterocycles. The van der Waals surface area contributed by atoms with Crippen molar-refractivity contribution in [2.24, 2.45) is 0 Å². The fourth-order valence-corrected chi connectivity index (χ4v) is 2.28. The Morgan fingerprint density at radius 2 is 1.69 bits per heavy atom. The standard InChI is InChI=1S/C10H19FN2/c11-10-3-6-13(9-10)8-7-12-4-1-2-5-12/h10H,1-9H2/t10-/m1/s1. The average molecular weight is 186 g/mol. The van der Waals surface area contributed by atoms with Crippen LogP contribution in [0.2, 0.25) is 0 Å². The maximum atomic E-state index is 12.8. The first-order valence-corrected chi connectivity index (χ1v) is 5.43. The molecular formula is C10H19FN2. The minimum atomic E-state index is -0.557. The first-order valence-electron chi connectivity index (χ1n) is 5.43. The third-order valence-electron chi connectivity index (χ3n) is 3.15. The van der Waals surface area contributed by atoms with Gasteiger partial charge in [0.05, 0.1) is 0 Å². The van der Waals surface area contributed by atoms with Gasteiger partial charge in [0.25, 0.3) is 0 Å². The Balaban J connectivity index is 1.62. The largest absolute Gasteiger partial charge is 0.302 e. The summed E-state index contributed by atoms with van der Waals surface area (Å²) in [5.41, 5.74) is 0. The molecule has 0 saturated carbocycles. The Kier molecular flexibility index (Phi) is 3.17. The van der Waals surface area contributed by atoms with Crippen LogP contribution >= 0.6 is 0 Å². The number of hydrogen-bond acceptors (Lipinski definition) is 2. The SMILES string of the molecule is F[C@@H]1CCN(CCN2CCCC2)C1. The molecule has 2 aliphatic heterocycles. The van der Waals surface area contributed by atoms with Crippen molar-refractivity contribution >= 4 is 0 Å². The van der Waals surface area contributed by atoms with Gasteiger partial charge in [-0.25, -0.2) is 4.39 Å². The van der Waals surface area contributed by atoms with Gasteiger partial charge >= 0.3 is 0 Å². The zero-order chi connectivity index (χ0) is 9.10. The van der Waals surface area contributed by atoms with E-state index < -0.39 is 6.17 Å². The molecule has 0 aromatic carbocycles. The first-order chi connectivity index (χ1) is 6.34. The van der Waals surface area contributed by atoms with E-state index in [9.17, 15) is 4.39 Å². The van der Waals surface area contributed by atoms with Crippen LogP contribution in [-0.4, -0.2) is 55.2 Å². The summed E-state index contributed by atoms with van der Waals surface area (Å²) in [7, 11) is 0. The number of halogens is 1. The third-order valence-corrected chi connectivity index (χ3v) is 3.15. The van der Waals surface area contributed by atoms with Gasteiger partial charge in [-0.3, -0.25) is 4.90 Å². The van der Waals surface area contributed by atoms with E-state index in [0.717, 1.165) is 26.1 Å². The second-order valence-corrected chi connectivity index (χ2v) is 4.24. The molecule has 3 heteroatoms. The van der Waals surface area contributed by atoms with Crippen LogP contribution in [0.4, 0.5) is 4.39 Å². The predicted molar refractivity (Wildman–Crippen MR) is 51.6 cm³/mol. The number of likely N-dealkylation sites (tertiary alicyclic amines) is 2. The third kappa shape index (κ3) is 2.64.